The van der Waals surface area contributed by atoms with Crippen molar-refractivity contribution in [1.82, 2.24) is 0 Å². The molecule has 0 aliphatic heterocycles. The third-order valence-corrected chi connectivity index (χ3v) is 4.25. The molecule has 1 aliphatic rings. The Morgan fingerprint density at radius 3 is 2.26 bits per heavy atom. The van der Waals surface area contributed by atoms with Crippen molar-refractivity contribution in [3.05, 3.63) is 35.4 Å². The van der Waals surface area contributed by atoms with Crippen molar-refractivity contribution >= 4 is 5.78 Å². The van der Waals surface area contributed by atoms with E-state index in [2.05, 4.69) is 38.1 Å². The van der Waals surface area contributed by atoms with Crippen molar-refractivity contribution in [2.24, 2.45) is 11.7 Å². The molecule has 1 fully saturated rings. The molecule has 0 radical (unpaired) electrons. The lowest BCUT2D eigenvalue weighted by Gasteiger charge is -2.25. The molecule has 0 saturated heterocycles. The molecule has 1 aromatic rings. The summed E-state index contributed by atoms with van der Waals surface area (Å²) >= 11 is 0. The monoisotopic (exact) mass is 259 g/mol. The largest absolute Gasteiger partial charge is 0.328 e. The van der Waals surface area contributed by atoms with Crippen LogP contribution in [0.2, 0.25) is 0 Å². The number of Topliss-reactive ketones (excluding diaryl/α,β-unsaturated/α-hetero) is 1. The molecule has 2 rings (SSSR count). The summed E-state index contributed by atoms with van der Waals surface area (Å²) in [6, 6.07) is 8.80. The van der Waals surface area contributed by atoms with Crippen LogP contribution in [0.25, 0.3) is 0 Å². The summed E-state index contributed by atoms with van der Waals surface area (Å²) < 4.78 is 0. The maximum absolute atomic E-state index is 12.3. The van der Waals surface area contributed by atoms with E-state index in [1.54, 1.807) is 0 Å². The second kappa shape index (κ2) is 6.33. The quantitative estimate of drug-likeness (QED) is 0.900. The molecule has 1 aliphatic carbocycles. The van der Waals surface area contributed by atoms with Gasteiger partial charge in [0.1, 0.15) is 5.78 Å². The first-order valence-electron chi connectivity index (χ1n) is 7.43. The first-order chi connectivity index (χ1) is 9.06. The molecule has 104 valence electrons. The molecule has 2 heteroatoms. The molecular weight excluding hydrogens is 234 g/mol. The Hall–Kier alpha value is -1.15. The summed E-state index contributed by atoms with van der Waals surface area (Å²) in [4.78, 5) is 12.3. The molecule has 0 aromatic heterocycles. The highest BCUT2D eigenvalue weighted by atomic mass is 16.1. The van der Waals surface area contributed by atoms with E-state index in [1.807, 2.05) is 0 Å². The number of hydrogen-bond donors (Lipinski definition) is 1. The van der Waals surface area contributed by atoms with E-state index in [1.165, 1.54) is 5.56 Å². The Bertz CT molecular complexity index is 413. The zero-order valence-corrected chi connectivity index (χ0v) is 12.1. The molecule has 0 spiro atoms. The second-order valence-electron chi connectivity index (χ2n) is 6.15. The van der Waals surface area contributed by atoms with Gasteiger partial charge in [0.05, 0.1) is 0 Å². The maximum atomic E-state index is 12.3. The number of rotatable bonds is 4. The Morgan fingerprint density at radius 2 is 1.74 bits per heavy atom. The van der Waals surface area contributed by atoms with Gasteiger partial charge in [0, 0.05) is 18.4 Å². The summed E-state index contributed by atoms with van der Waals surface area (Å²) in [5, 5.41) is 0. The smallest absolute Gasteiger partial charge is 0.140 e. The number of nitrogens with two attached hydrogens (primary N) is 1. The zero-order chi connectivity index (χ0) is 13.8. The van der Waals surface area contributed by atoms with Gasteiger partial charge in [0.2, 0.25) is 0 Å². The average molecular weight is 259 g/mol. The number of hydrogen-bond acceptors (Lipinski definition) is 2. The fourth-order valence-electron chi connectivity index (χ4n) is 2.81. The summed E-state index contributed by atoms with van der Waals surface area (Å²) in [7, 11) is 0. The van der Waals surface area contributed by atoms with E-state index in [4.69, 9.17) is 5.73 Å². The van der Waals surface area contributed by atoms with Crippen LogP contribution in [0.1, 0.15) is 56.6 Å². The third-order valence-electron chi connectivity index (χ3n) is 4.25. The van der Waals surface area contributed by atoms with Crippen LogP contribution >= 0.6 is 0 Å². The van der Waals surface area contributed by atoms with E-state index < -0.39 is 0 Å². The lowest BCUT2D eigenvalue weighted by Crippen LogP contribution is -2.30. The normalized spacial score (nSPS) is 23.6. The minimum atomic E-state index is 0.240. The van der Waals surface area contributed by atoms with Crippen LogP contribution in [-0.2, 0) is 11.2 Å². The number of carbonyl (C=O) groups is 1. The van der Waals surface area contributed by atoms with E-state index in [-0.39, 0.29) is 5.92 Å². The Balaban J connectivity index is 1.91. The number of benzene rings is 1. The van der Waals surface area contributed by atoms with Crippen LogP contribution in [-0.4, -0.2) is 11.8 Å². The topological polar surface area (TPSA) is 43.1 Å². The molecule has 1 aromatic carbocycles. The van der Waals surface area contributed by atoms with Crippen molar-refractivity contribution in [2.75, 3.05) is 0 Å². The first kappa shape index (κ1) is 14.3. The molecule has 19 heavy (non-hydrogen) atoms. The van der Waals surface area contributed by atoms with Gasteiger partial charge in [0.15, 0.2) is 0 Å². The molecule has 0 bridgehead atoms. The standard InChI is InChI=1S/C17H25NO/c1-12(2)14-5-3-13(4-6-14)11-17(19)15-7-9-16(18)10-8-15/h3-6,12,15-16H,7-11,18H2,1-2H3. The molecule has 0 amide bonds. The molecule has 2 N–H and O–H groups in total. The summed E-state index contributed by atoms with van der Waals surface area (Å²) in [5.41, 5.74) is 8.36. The highest BCUT2D eigenvalue weighted by molar-refractivity contribution is 5.83. The number of carbonyl (C=O) groups excluding carboxylic acids is 1. The van der Waals surface area contributed by atoms with Crippen LogP contribution < -0.4 is 5.73 Å². The predicted octanol–water partition coefficient (Wildman–Crippen LogP) is 3.44. The molecule has 1 saturated carbocycles. The van der Waals surface area contributed by atoms with Crippen LogP contribution in [0.3, 0.4) is 0 Å². The average Bonchev–Trinajstić information content (AvgIpc) is 2.40. The van der Waals surface area contributed by atoms with E-state index in [0.29, 0.717) is 24.2 Å². The Morgan fingerprint density at radius 1 is 1.16 bits per heavy atom. The molecule has 0 atom stereocenters. The van der Waals surface area contributed by atoms with E-state index in [9.17, 15) is 4.79 Å². The van der Waals surface area contributed by atoms with Crippen LogP contribution in [0.5, 0.6) is 0 Å². The van der Waals surface area contributed by atoms with E-state index in [0.717, 1.165) is 31.2 Å². The van der Waals surface area contributed by atoms with Gasteiger partial charge >= 0.3 is 0 Å². The highest BCUT2D eigenvalue weighted by Crippen LogP contribution is 2.25. The summed E-state index contributed by atoms with van der Waals surface area (Å²) in [5.74, 6) is 1.18. The van der Waals surface area contributed by atoms with Crippen molar-refractivity contribution in [3.63, 3.8) is 0 Å². The lowest BCUT2D eigenvalue weighted by molar-refractivity contribution is -0.123. The van der Waals surface area contributed by atoms with E-state index >= 15 is 0 Å². The zero-order valence-electron chi connectivity index (χ0n) is 12.1. The van der Waals surface area contributed by atoms with Gasteiger partial charge in [-0.3, -0.25) is 4.79 Å². The van der Waals surface area contributed by atoms with Gasteiger partial charge in [0.25, 0.3) is 0 Å². The van der Waals surface area contributed by atoms with Crippen LogP contribution in [0, 0.1) is 5.92 Å². The Kier molecular flexibility index (Phi) is 4.76. The summed E-state index contributed by atoms with van der Waals surface area (Å²) in [6.45, 7) is 4.37. The fourth-order valence-corrected chi connectivity index (χ4v) is 2.81. The second-order valence-corrected chi connectivity index (χ2v) is 6.15. The molecule has 0 heterocycles. The van der Waals surface area contributed by atoms with Crippen molar-refractivity contribution in [3.8, 4) is 0 Å². The van der Waals surface area contributed by atoms with Crippen LogP contribution in [0.15, 0.2) is 24.3 Å². The highest BCUT2D eigenvalue weighted by Gasteiger charge is 2.24. The van der Waals surface area contributed by atoms with Crippen molar-refractivity contribution < 1.29 is 4.79 Å². The fraction of sp³-hybridized carbons (Fsp3) is 0.588. The number of ketones is 1. The van der Waals surface area contributed by atoms with Gasteiger partial charge in [-0.05, 0) is 42.7 Å². The molecule has 2 nitrogen and oxygen atoms in total. The minimum absolute atomic E-state index is 0.240. The maximum Gasteiger partial charge on any atom is 0.140 e. The third kappa shape index (κ3) is 3.90. The molecular formula is C17H25NO. The van der Waals surface area contributed by atoms with Gasteiger partial charge in [-0.15, -0.1) is 0 Å². The molecule has 0 unspecified atom stereocenters. The SMILES string of the molecule is CC(C)c1ccc(CC(=O)C2CCC(N)CC2)cc1. The minimum Gasteiger partial charge on any atom is -0.328 e. The first-order valence-corrected chi connectivity index (χ1v) is 7.43. The van der Waals surface area contributed by atoms with Crippen molar-refractivity contribution in [2.45, 2.75) is 57.9 Å². The predicted molar refractivity (Wildman–Crippen MR) is 79.2 cm³/mol. The Labute approximate surface area is 116 Å². The van der Waals surface area contributed by atoms with Crippen molar-refractivity contribution in [1.29, 1.82) is 0 Å². The van der Waals surface area contributed by atoms with Gasteiger partial charge in [-0.25, -0.2) is 0 Å². The summed E-state index contributed by atoms with van der Waals surface area (Å²) in [6.07, 6.45) is 4.54. The van der Waals surface area contributed by atoms with Gasteiger partial charge in [-0.1, -0.05) is 38.1 Å². The van der Waals surface area contributed by atoms with Gasteiger partial charge < -0.3 is 5.73 Å². The van der Waals surface area contributed by atoms with Gasteiger partial charge in [-0.2, -0.15) is 0 Å². The van der Waals surface area contributed by atoms with Crippen LogP contribution in [0.4, 0.5) is 0 Å². The lowest BCUT2D eigenvalue weighted by atomic mass is 9.82.